The summed E-state index contributed by atoms with van der Waals surface area (Å²) in [6.45, 7) is 5.82. The molecule has 0 saturated heterocycles. The highest BCUT2D eigenvalue weighted by Crippen LogP contribution is 2.57. The fourth-order valence-corrected chi connectivity index (χ4v) is 3.98. The van der Waals surface area contributed by atoms with Gasteiger partial charge in [-0.05, 0) is 26.3 Å². The molecule has 26 heavy (non-hydrogen) atoms. The first-order valence-corrected chi connectivity index (χ1v) is 10.2. The lowest BCUT2D eigenvalue weighted by atomic mass is 10.2. The third-order valence-corrected chi connectivity index (χ3v) is 5.58. The molecule has 0 aromatic heterocycles. The van der Waals surface area contributed by atoms with Crippen LogP contribution in [0.15, 0.2) is 47.8 Å². The first kappa shape index (κ1) is 22.3. The van der Waals surface area contributed by atoms with Gasteiger partial charge >= 0.3 is 13.6 Å². The first-order chi connectivity index (χ1) is 12.5. The van der Waals surface area contributed by atoms with Gasteiger partial charge in [0.15, 0.2) is 0 Å². The van der Waals surface area contributed by atoms with Crippen LogP contribution < -0.4 is 5.73 Å². The Morgan fingerprint density at radius 2 is 1.73 bits per heavy atom. The van der Waals surface area contributed by atoms with Crippen LogP contribution in [-0.4, -0.2) is 31.8 Å². The summed E-state index contributed by atoms with van der Waals surface area (Å²) in [5.74, 6) is -0.551. The average Bonchev–Trinajstić information content (AvgIpc) is 2.62. The molecule has 1 aromatic carbocycles. The summed E-state index contributed by atoms with van der Waals surface area (Å²) in [7, 11) is -3.54. The molecule has 2 N–H and O–H groups in total. The van der Waals surface area contributed by atoms with Gasteiger partial charge in [-0.3, -0.25) is 9.36 Å². The second kappa shape index (κ2) is 11.8. The van der Waals surface area contributed by atoms with E-state index in [4.69, 9.17) is 19.5 Å². The standard InChI is InChI=1S/C19H28NO5P/c1-4-23-19(21)18(20)15-17(26(22,24-5-2)25-6-3)14-10-13-16-11-8-7-9-12-16/h7-14,18H,4-6,15,20H2,1-3H3/b13-10+,17-14-/t18-/m0/s1. The first-order valence-electron chi connectivity index (χ1n) is 8.71. The van der Waals surface area contributed by atoms with Gasteiger partial charge in [0, 0.05) is 11.7 Å². The summed E-state index contributed by atoms with van der Waals surface area (Å²) in [6.07, 6.45) is 5.26. The maximum absolute atomic E-state index is 13.1. The van der Waals surface area contributed by atoms with Crippen molar-refractivity contribution in [3.05, 3.63) is 53.4 Å². The second-order valence-corrected chi connectivity index (χ2v) is 7.41. The van der Waals surface area contributed by atoms with Crippen LogP contribution in [0.3, 0.4) is 0 Å². The normalized spacial score (nSPS) is 13.8. The number of hydrogen-bond acceptors (Lipinski definition) is 6. The van der Waals surface area contributed by atoms with Crippen molar-refractivity contribution in [1.82, 2.24) is 0 Å². The van der Waals surface area contributed by atoms with Crippen LogP contribution in [0.2, 0.25) is 0 Å². The summed E-state index contributed by atoms with van der Waals surface area (Å²) in [4.78, 5) is 11.9. The van der Waals surface area contributed by atoms with Crippen molar-refractivity contribution in [2.45, 2.75) is 33.2 Å². The number of esters is 1. The summed E-state index contributed by atoms with van der Waals surface area (Å²) in [5, 5.41) is 0.342. The lowest BCUT2D eigenvalue weighted by Gasteiger charge is -2.21. The van der Waals surface area contributed by atoms with E-state index in [1.807, 2.05) is 36.4 Å². The lowest BCUT2D eigenvalue weighted by Crippen LogP contribution is -2.32. The minimum absolute atomic E-state index is 0.0231. The van der Waals surface area contributed by atoms with Crippen LogP contribution >= 0.6 is 7.60 Å². The van der Waals surface area contributed by atoms with Crippen LogP contribution in [0.25, 0.3) is 6.08 Å². The molecule has 0 saturated carbocycles. The maximum atomic E-state index is 13.1. The zero-order valence-corrected chi connectivity index (χ0v) is 16.5. The summed E-state index contributed by atoms with van der Waals surface area (Å²) in [6, 6.07) is 8.71. The molecule has 0 radical (unpaired) electrons. The molecule has 7 heteroatoms. The van der Waals surface area contributed by atoms with Gasteiger partial charge in [-0.15, -0.1) is 0 Å². The van der Waals surface area contributed by atoms with Crippen LogP contribution in [-0.2, 0) is 23.1 Å². The number of hydrogen-bond donors (Lipinski definition) is 1. The molecule has 0 bridgehead atoms. The minimum atomic E-state index is -3.54. The molecule has 0 aliphatic heterocycles. The molecule has 1 aromatic rings. The van der Waals surface area contributed by atoms with Gasteiger partial charge in [0.2, 0.25) is 0 Å². The number of benzene rings is 1. The largest absolute Gasteiger partial charge is 0.465 e. The van der Waals surface area contributed by atoms with E-state index in [2.05, 4.69) is 0 Å². The number of nitrogens with two attached hydrogens (primary N) is 1. The zero-order valence-electron chi connectivity index (χ0n) is 15.6. The Kier molecular flexibility index (Phi) is 10.1. The molecule has 144 valence electrons. The molecular weight excluding hydrogens is 353 g/mol. The molecule has 0 heterocycles. The molecule has 1 atom stereocenters. The highest BCUT2D eigenvalue weighted by atomic mass is 31.2. The number of rotatable bonds is 11. The zero-order chi connectivity index (χ0) is 19.4. The highest BCUT2D eigenvalue weighted by molar-refractivity contribution is 7.58. The summed E-state index contributed by atoms with van der Waals surface area (Å²) < 4.78 is 28.8. The summed E-state index contributed by atoms with van der Waals surface area (Å²) >= 11 is 0. The summed E-state index contributed by atoms with van der Waals surface area (Å²) in [5.41, 5.74) is 6.89. The topological polar surface area (TPSA) is 87.9 Å². The second-order valence-electron chi connectivity index (χ2n) is 5.32. The van der Waals surface area contributed by atoms with E-state index >= 15 is 0 Å². The van der Waals surface area contributed by atoms with Crippen LogP contribution in [0.5, 0.6) is 0 Å². The Morgan fingerprint density at radius 1 is 1.12 bits per heavy atom. The van der Waals surface area contributed by atoms with Crippen molar-refractivity contribution in [1.29, 1.82) is 0 Å². The van der Waals surface area contributed by atoms with E-state index in [1.54, 1.807) is 32.9 Å². The Morgan fingerprint density at radius 3 is 2.27 bits per heavy atom. The van der Waals surface area contributed by atoms with Gasteiger partial charge in [0.25, 0.3) is 0 Å². The quantitative estimate of drug-likeness (QED) is 0.352. The van der Waals surface area contributed by atoms with E-state index in [-0.39, 0.29) is 26.2 Å². The van der Waals surface area contributed by atoms with E-state index in [9.17, 15) is 9.36 Å². The third-order valence-electron chi connectivity index (χ3n) is 3.35. The molecule has 0 aliphatic carbocycles. The lowest BCUT2D eigenvalue weighted by molar-refractivity contribution is -0.144. The van der Waals surface area contributed by atoms with Crippen LogP contribution in [0.1, 0.15) is 32.8 Å². The maximum Gasteiger partial charge on any atom is 0.357 e. The van der Waals surface area contributed by atoms with Gasteiger partial charge in [0.05, 0.1) is 19.8 Å². The number of ether oxygens (including phenoxy) is 1. The third kappa shape index (κ3) is 7.26. The Bertz CT molecular complexity index is 647. The van der Waals surface area contributed by atoms with Gasteiger partial charge < -0.3 is 19.5 Å². The molecule has 6 nitrogen and oxygen atoms in total. The molecule has 0 unspecified atom stereocenters. The SMILES string of the molecule is CCOC(=O)[C@@H](N)C/C(=C/C=C/c1ccccc1)P(=O)(OCC)OCC. The molecule has 0 aliphatic rings. The number of carbonyl (C=O) groups excluding carboxylic acids is 1. The van der Waals surface area contributed by atoms with Crippen LogP contribution in [0.4, 0.5) is 0 Å². The number of allylic oxidation sites excluding steroid dienone is 2. The van der Waals surface area contributed by atoms with Crippen molar-refractivity contribution in [2.75, 3.05) is 19.8 Å². The fraction of sp³-hybridized carbons (Fsp3) is 0.421. The van der Waals surface area contributed by atoms with Gasteiger partial charge in [0.1, 0.15) is 6.04 Å². The Labute approximate surface area is 155 Å². The average molecular weight is 381 g/mol. The molecule has 0 spiro atoms. The van der Waals surface area contributed by atoms with Gasteiger partial charge in [-0.1, -0.05) is 48.6 Å². The van der Waals surface area contributed by atoms with Crippen molar-refractivity contribution >= 4 is 19.6 Å². The Balaban J connectivity index is 3.10. The molecular formula is C19H28NO5P. The van der Waals surface area contributed by atoms with Gasteiger partial charge in [-0.2, -0.15) is 0 Å². The van der Waals surface area contributed by atoms with Crippen LogP contribution in [0, 0.1) is 0 Å². The molecule has 0 amide bonds. The smallest absolute Gasteiger partial charge is 0.357 e. The minimum Gasteiger partial charge on any atom is -0.465 e. The fourth-order valence-electron chi connectivity index (χ4n) is 2.21. The van der Waals surface area contributed by atoms with E-state index < -0.39 is 19.6 Å². The predicted octanol–water partition coefficient (Wildman–Crippen LogP) is 4.13. The van der Waals surface area contributed by atoms with E-state index in [0.717, 1.165) is 5.56 Å². The van der Waals surface area contributed by atoms with E-state index in [0.29, 0.717) is 5.31 Å². The van der Waals surface area contributed by atoms with Crippen molar-refractivity contribution in [3.8, 4) is 0 Å². The highest BCUT2D eigenvalue weighted by Gasteiger charge is 2.32. The van der Waals surface area contributed by atoms with Crippen molar-refractivity contribution < 1.29 is 23.1 Å². The monoisotopic (exact) mass is 381 g/mol. The van der Waals surface area contributed by atoms with E-state index in [1.165, 1.54) is 0 Å². The number of carbonyl (C=O) groups is 1. The molecule has 0 fully saturated rings. The van der Waals surface area contributed by atoms with Gasteiger partial charge in [-0.25, -0.2) is 0 Å². The predicted molar refractivity (Wildman–Crippen MR) is 104 cm³/mol. The van der Waals surface area contributed by atoms with Crippen molar-refractivity contribution in [2.24, 2.45) is 5.73 Å². The van der Waals surface area contributed by atoms with Crippen molar-refractivity contribution in [3.63, 3.8) is 0 Å². The molecule has 1 rings (SSSR count). The Hall–Kier alpha value is -1.72.